The van der Waals surface area contributed by atoms with Crippen LogP contribution in [-0.4, -0.2) is 65.0 Å². The molecule has 0 saturated carbocycles. The van der Waals surface area contributed by atoms with Crippen LogP contribution in [0.3, 0.4) is 0 Å². The van der Waals surface area contributed by atoms with Crippen molar-refractivity contribution in [1.82, 2.24) is 9.80 Å². The average Bonchev–Trinajstić information content (AvgIpc) is 3.13. The standard InChI is InChI=1S/C18H20N2O4S3/c1-12(16(21)19(2)14-8-9-27(23,24)11-14)20-17(22)15(26-18(20)25)10-13-6-4-3-5-7-13/h3-7,10,12,14H,8-9,11H2,1-2H3/b15-10+/t12-,14-/m1/s1. The predicted molar refractivity (Wildman–Crippen MR) is 111 cm³/mol. The molecule has 3 rings (SSSR count). The molecule has 27 heavy (non-hydrogen) atoms. The molecule has 0 aromatic heterocycles. The van der Waals surface area contributed by atoms with Crippen molar-refractivity contribution in [3.63, 3.8) is 0 Å². The Balaban J connectivity index is 1.75. The number of nitrogens with zero attached hydrogens (tertiary/aromatic N) is 2. The molecule has 9 heteroatoms. The highest BCUT2D eigenvalue weighted by atomic mass is 32.2. The van der Waals surface area contributed by atoms with Crippen LogP contribution in [0.25, 0.3) is 6.08 Å². The molecule has 2 aliphatic heterocycles. The molecule has 6 nitrogen and oxygen atoms in total. The molecule has 0 bridgehead atoms. The third-order valence-corrected chi connectivity index (χ3v) is 7.85. The highest BCUT2D eigenvalue weighted by Gasteiger charge is 2.41. The summed E-state index contributed by atoms with van der Waals surface area (Å²) in [7, 11) is -1.51. The maximum absolute atomic E-state index is 12.8. The number of likely N-dealkylation sites (N-methyl/N-ethyl adjacent to an activating group) is 1. The first-order valence-electron chi connectivity index (χ1n) is 8.49. The Bertz CT molecular complexity index is 912. The number of hydrogen-bond acceptors (Lipinski definition) is 6. The zero-order valence-corrected chi connectivity index (χ0v) is 17.4. The fraction of sp³-hybridized carbons (Fsp3) is 0.389. The van der Waals surface area contributed by atoms with Gasteiger partial charge in [0.2, 0.25) is 5.91 Å². The van der Waals surface area contributed by atoms with Gasteiger partial charge in [-0.15, -0.1) is 0 Å². The van der Waals surface area contributed by atoms with Gasteiger partial charge in [-0.25, -0.2) is 8.42 Å². The van der Waals surface area contributed by atoms with Gasteiger partial charge in [0, 0.05) is 13.1 Å². The van der Waals surface area contributed by atoms with Crippen LogP contribution >= 0.6 is 24.0 Å². The second-order valence-electron chi connectivity index (χ2n) is 6.64. The summed E-state index contributed by atoms with van der Waals surface area (Å²) in [5.74, 6) is -0.560. The summed E-state index contributed by atoms with van der Waals surface area (Å²) in [5, 5.41) is 0. The minimum atomic E-state index is -3.10. The smallest absolute Gasteiger partial charge is 0.266 e. The van der Waals surface area contributed by atoms with E-state index in [-0.39, 0.29) is 29.4 Å². The van der Waals surface area contributed by atoms with Crippen molar-refractivity contribution in [2.75, 3.05) is 18.6 Å². The van der Waals surface area contributed by atoms with Crippen molar-refractivity contribution in [3.05, 3.63) is 40.8 Å². The molecule has 2 aliphatic rings. The van der Waals surface area contributed by atoms with Gasteiger partial charge in [-0.05, 0) is 25.0 Å². The molecular formula is C18H20N2O4S3. The van der Waals surface area contributed by atoms with Crippen molar-refractivity contribution >= 4 is 56.0 Å². The number of benzene rings is 1. The average molecular weight is 425 g/mol. The topological polar surface area (TPSA) is 74.8 Å². The number of carbonyl (C=O) groups excluding carboxylic acids is 2. The van der Waals surface area contributed by atoms with Crippen LogP contribution in [0.2, 0.25) is 0 Å². The van der Waals surface area contributed by atoms with E-state index in [1.54, 1.807) is 20.0 Å². The molecule has 1 aromatic carbocycles. The Morgan fingerprint density at radius 2 is 2.04 bits per heavy atom. The molecule has 0 unspecified atom stereocenters. The monoisotopic (exact) mass is 424 g/mol. The zero-order valence-electron chi connectivity index (χ0n) is 15.0. The van der Waals surface area contributed by atoms with Crippen LogP contribution in [0.4, 0.5) is 0 Å². The second kappa shape index (κ2) is 7.73. The van der Waals surface area contributed by atoms with Gasteiger partial charge < -0.3 is 4.90 Å². The van der Waals surface area contributed by atoms with E-state index in [0.29, 0.717) is 15.6 Å². The van der Waals surface area contributed by atoms with Crippen molar-refractivity contribution in [2.24, 2.45) is 0 Å². The summed E-state index contributed by atoms with van der Waals surface area (Å²) in [6, 6.07) is 8.27. The molecule has 2 amide bonds. The highest BCUT2D eigenvalue weighted by molar-refractivity contribution is 8.26. The molecule has 1 aromatic rings. The first-order valence-corrected chi connectivity index (χ1v) is 11.5. The van der Waals surface area contributed by atoms with E-state index < -0.39 is 15.9 Å². The van der Waals surface area contributed by atoms with Gasteiger partial charge in [0.05, 0.1) is 16.4 Å². The number of sulfone groups is 1. The lowest BCUT2D eigenvalue weighted by atomic mass is 10.1. The van der Waals surface area contributed by atoms with Crippen molar-refractivity contribution in [3.8, 4) is 0 Å². The molecule has 2 fully saturated rings. The van der Waals surface area contributed by atoms with E-state index in [0.717, 1.165) is 5.56 Å². The van der Waals surface area contributed by atoms with Crippen LogP contribution in [0.5, 0.6) is 0 Å². The van der Waals surface area contributed by atoms with Gasteiger partial charge >= 0.3 is 0 Å². The summed E-state index contributed by atoms with van der Waals surface area (Å²) in [6.07, 6.45) is 2.17. The Morgan fingerprint density at radius 1 is 1.37 bits per heavy atom. The molecule has 2 atom stereocenters. The van der Waals surface area contributed by atoms with E-state index in [4.69, 9.17) is 12.2 Å². The molecule has 0 aliphatic carbocycles. The predicted octanol–water partition coefficient (Wildman–Crippen LogP) is 1.92. The van der Waals surface area contributed by atoms with E-state index >= 15 is 0 Å². The van der Waals surface area contributed by atoms with Crippen molar-refractivity contribution in [2.45, 2.75) is 25.4 Å². The van der Waals surface area contributed by atoms with Gasteiger partial charge in [0.1, 0.15) is 10.4 Å². The summed E-state index contributed by atoms with van der Waals surface area (Å²) < 4.78 is 23.7. The molecule has 144 valence electrons. The van der Waals surface area contributed by atoms with Crippen LogP contribution in [-0.2, 0) is 19.4 Å². The lowest BCUT2D eigenvalue weighted by Crippen LogP contribution is -2.50. The summed E-state index contributed by atoms with van der Waals surface area (Å²) >= 11 is 6.49. The van der Waals surface area contributed by atoms with E-state index in [1.807, 2.05) is 30.3 Å². The highest BCUT2D eigenvalue weighted by Crippen LogP contribution is 2.34. The lowest BCUT2D eigenvalue weighted by Gasteiger charge is -2.30. The maximum Gasteiger partial charge on any atom is 0.266 e. The lowest BCUT2D eigenvalue weighted by molar-refractivity contribution is -0.139. The Labute approximate surface area is 168 Å². The Kier molecular flexibility index (Phi) is 5.73. The second-order valence-corrected chi connectivity index (χ2v) is 10.5. The molecule has 2 saturated heterocycles. The SMILES string of the molecule is C[C@H](C(=O)N(C)[C@@H]1CCS(=O)(=O)C1)N1C(=O)/C(=C\c2ccccc2)SC1=S. The number of hydrogen-bond donors (Lipinski definition) is 0. The molecule has 0 spiro atoms. The van der Waals surface area contributed by atoms with Crippen LogP contribution in [0.1, 0.15) is 18.9 Å². The molecular weight excluding hydrogens is 404 g/mol. The van der Waals surface area contributed by atoms with Crippen LogP contribution in [0.15, 0.2) is 35.2 Å². The Morgan fingerprint density at radius 3 is 2.63 bits per heavy atom. The number of carbonyl (C=O) groups is 2. The van der Waals surface area contributed by atoms with E-state index in [1.165, 1.54) is 21.6 Å². The number of rotatable bonds is 4. The third-order valence-electron chi connectivity index (χ3n) is 4.77. The fourth-order valence-corrected chi connectivity index (χ4v) is 6.37. The molecule has 0 N–H and O–H groups in total. The quantitative estimate of drug-likeness (QED) is 0.543. The fourth-order valence-electron chi connectivity index (χ4n) is 3.18. The van der Waals surface area contributed by atoms with Gasteiger partial charge in [-0.2, -0.15) is 0 Å². The van der Waals surface area contributed by atoms with Crippen LogP contribution in [0, 0.1) is 0 Å². The third kappa shape index (κ3) is 4.25. The van der Waals surface area contributed by atoms with Crippen LogP contribution < -0.4 is 0 Å². The van der Waals surface area contributed by atoms with Gasteiger partial charge in [-0.3, -0.25) is 14.5 Å². The summed E-state index contributed by atoms with van der Waals surface area (Å²) in [4.78, 5) is 28.9. The minimum absolute atomic E-state index is 0.0335. The Hall–Kier alpha value is -1.71. The van der Waals surface area contributed by atoms with Gasteiger partial charge in [-0.1, -0.05) is 54.3 Å². The first kappa shape index (κ1) is 20.0. The van der Waals surface area contributed by atoms with Crippen molar-refractivity contribution < 1.29 is 18.0 Å². The molecule has 0 radical (unpaired) electrons. The molecule has 2 heterocycles. The number of thiocarbonyl (C=S) groups is 1. The van der Waals surface area contributed by atoms with Gasteiger partial charge in [0.15, 0.2) is 9.84 Å². The normalized spacial score (nSPS) is 24.4. The van der Waals surface area contributed by atoms with Crippen molar-refractivity contribution in [1.29, 1.82) is 0 Å². The number of amides is 2. The number of thioether (sulfide) groups is 1. The van der Waals surface area contributed by atoms with Gasteiger partial charge in [0.25, 0.3) is 5.91 Å². The van der Waals surface area contributed by atoms with E-state index in [2.05, 4.69) is 0 Å². The summed E-state index contributed by atoms with van der Waals surface area (Å²) in [6.45, 7) is 1.62. The minimum Gasteiger partial charge on any atom is -0.340 e. The first-order chi connectivity index (χ1) is 12.7. The zero-order chi connectivity index (χ0) is 19.8. The van der Waals surface area contributed by atoms with E-state index in [9.17, 15) is 18.0 Å². The largest absolute Gasteiger partial charge is 0.340 e. The summed E-state index contributed by atoms with van der Waals surface area (Å²) in [5.41, 5.74) is 0.880. The maximum atomic E-state index is 12.8.